The van der Waals surface area contributed by atoms with Gasteiger partial charge in [-0.2, -0.15) is 4.31 Å². The molecule has 1 N–H and O–H groups in total. The third-order valence-electron chi connectivity index (χ3n) is 7.96. The predicted molar refractivity (Wildman–Crippen MR) is 134 cm³/mol. The Hall–Kier alpha value is -2.85. The highest BCUT2D eigenvalue weighted by atomic mass is 32.2. The van der Waals surface area contributed by atoms with Crippen molar-refractivity contribution in [2.45, 2.75) is 75.6 Å². The van der Waals surface area contributed by atoms with Crippen LogP contribution in [0.1, 0.15) is 80.2 Å². The summed E-state index contributed by atoms with van der Waals surface area (Å²) < 4.78 is 65.1. The van der Waals surface area contributed by atoms with Crippen LogP contribution in [0.4, 0.5) is 8.78 Å². The number of rotatable bonds is 8. The van der Waals surface area contributed by atoms with Crippen molar-refractivity contribution in [3.05, 3.63) is 87.2 Å². The molecule has 5 rings (SSSR count). The first kappa shape index (κ1) is 25.8. The molecule has 2 heterocycles. The normalized spacial score (nSPS) is 23.6. The molecule has 1 saturated carbocycles. The van der Waals surface area contributed by atoms with Crippen molar-refractivity contribution in [2.24, 2.45) is 5.92 Å². The minimum absolute atomic E-state index is 0.0368. The van der Waals surface area contributed by atoms with E-state index in [0.717, 1.165) is 25.0 Å². The standard InChI is InChI=1S/C27H31F2N3O4S/c1-3-27(15-18-10-11-18,25-30-31-26(33)36-25)21-14-22(28)20(13-23(21)29)16-32-17(2)9-12-24(37(32,34)35)19-7-5-4-6-8-19/h4-8,13-14,17-18,24H,3,9-12,15-16H2,1-2H3,(H,31,33)/t17-,24+,27+/m0/s1. The van der Waals surface area contributed by atoms with E-state index in [-0.39, 0.29) is 29.6 Å². The lowest BCUT2D eigenvalue weighted by molar-refractivity contribution is 0.277. The van der Waals surface area contributed by atoms with Gasteiger partial charge < -0.3 is 4.42 Å². The Labute approximate surface area is 214 Å². The molecule has 37 heavy (non-hydrogen) atoms. The molecule has 2 fully saturated rings. The van der Waals surface area contributed by atoms with E-state index in [4.69, 9.17) is 4.42 Å². The van der Waals surface area contributed by atoms with Gasteiger partial charge in [0, 0.05) is 23.7 Å². The zero-order valence-electron chi connectivity index (χ0n) is 20.9. The average Bonchev–Trinajstić information content (AvgIpc) is 3.58. The lowest BCUT2D eigenvalue weighted by Crippen LogP contribution is -2.45. The lowest BCUT2D eigenvalue weighted by atomic mass is 9.73. The molecule has 2 aromatic carbocycles. The van der Waals surface area contributed by atoms with Crippen LogP contribution >= 0.6 is 0 Å². The number of H-pyrrole nitrogens is 1. The molecule has 7 nitrogen and oxygen atoms in total. The van der Waals surface area contributed by atoms with Gasteiger partial charge in [-0.15, -0.1) is 5.10 Å². The fraction of sp³-hybridized carbons (Fsp3) is 0.481. The van der Waals surface area contributed by atoms with Crippen LogP contribution in [-0.2, 0) is 22.0 Å². The Morgan fingerprint density at radius 1 is 1.11 bits per heavy atom. The fourth-order valence-corrected chi connectivity index (χ4v) is 7.83. The Morgan fingerprint density at radius 3 is 2.46 bits per heavy atom. The van der Waals surface area contributed by atoms with E-state index in [1.807, 2.05) is 13.0 Å². The second-order valence-corrected chi connectivity index (χ2v) is 12.4. The largest absolute Gasteiger partial charge is 0.434 e. The summed E-state index contributed by atoms with van der Waals surface area (Å²) in [6.07, 6.45) is 3.83. The van der Waals surface area contributed by atoms with E-state index in [1.165, 1.54) is 4.31 Å². The molecule has 0 amide bonds. The highest BCUT2D eigenvalue weighted by Crippen LogP contribution is 2.48. The summed E-state index contributed by atoms with van der Waals surface area (Å²) in [7, 11) is -3.81. The molecule has 2 aliphatic rings. The molecule has 0 radical (unpaired) electrons. The van der Waals surface area contributed by atoms with E-state index in [9.17, 15) is 13.2 Å². The van der Waals surface area contributed by atoms with Crippen molar-refractivity contribution in [3.63, 3.8) is 0 Å². The van der Waals surface area contributed by atoms with E-state index in [1.54, 1.807) is 31.2 Å². The van der Waals surface area contributed by atoms with Gasteiger partial charge in [0.05, 0.1) is 5.41 Å². The summed E-state index contributed by atoms with van der Waals surface area (Å²) in [5.74, 6) is -1.79. The van der Waals surface area contributed by atoms with Crippen molar-refractivity contribution in [1.29, 1.82) is 0 Å². The molecule has 10 heteroatoms. The van der Waals surface area contributed by atoms with Gasteiger partial charge in [0.1, 0.15) is 16.9 Å². The van der Waals surface area contributed by atoms with Gasteiger partial charge in [-0.1, -0.05) is 50.1 Å². The number of aromatic amines is 1. The number of sulfonamides is 1. The van der Waals surface area contributed by atoms with Crippen molar-refractivity contribution in [3.8, 4) is 0 Å². The number of nitrogens with one attached hydrogen (secondary N) is 1. The maximum absolute atomic E-state index is 15.8. The van der Waals surface area contributed by atoms with E-state index < -0.39 is 38.1 Å². The van der Waals surface area contributed by atoms with Gasteiger partial charge in [-0.25, -0.2) is 27.1 Å². The zero-order chi connectivity index (χ0) is 26.4. The topological polar surface area (TPSA) is 96.3 Å². The molecular formula is C27H31F2N3O4S. The van der Waals surface area contributed by atoms with Crippen LogP contribution in [0.2, 0.25) is 0 Å². The third-order valence-corrected chi connectivity index (χ3v) is 10.3. The number of hydrogen-bond donors (Lipinski definition) is 1. The van der Waals surface area contributed by atoms with Crippen LogP contribution in [0.5, 0.6) is 0 Å². The Kier molecular flexibility index (Phi) is 6.83. The van der Waals surface area contributed by atoms with Crippen LogP contribution in [0.3, 0.4) is 0 Å². The smallest absolute Gasteiger partial charge is 0.392 e. The van der Waals surface area contributed by atoms with Gasteiger partial charge in [-0.3, -0.25) is 0 Å². The lowest BCUT2D eigenvalue weighted by Gasteiger charge is -2.37. The highest BCUT2D eigenvalue weighted by Gasteiger charge is 2.45. The van der Waals surface area contributed by atoms with Gasteiger partial charge in [0.25, 0.3) is 0 Å². The van der Waals surface area contributed by atoms with Crippen molar-refractivity contribution < 1.29 is 21.6 Å². The van der Waals surface area contributed by atoms with Crippen LogP contribution in [0.25, 0.3) is 0 Å². The second kappa shape index (κ2) is 9.79. The van der Waals surface area contributed by atoms with Gasteiger partial charge in [0.15, 0.2) is 0 Å². The van der Waals surface area contributed by atoms with Crippen molar-refractivity contribution >= 4 is 10.0 Å². The Balaban J connectivity index is 1.51. The number of benzene rings is 2. The fourth-order valence-electron chi connectivity index (χ4n) is 5.64. The first-order chi connectivity index (χ1) is 17.7. The predicted octanol–water partition coefficient (Wildman–Crippen LogP) is 5.19. The molecule has 3 atom stereocenters. The highest BCUT2D eigenvalue weighted by molar-refractivity contribution is 7.89. The van der Waals surface area contributed by atoms with Crippen LogP contribution in [-0.4, -0.2) is 29.0 Å². The van der Waals surface area contributed by atoms with Gasteiger partial charge in [-0.05, 0) is 56.2 Å². The van der Waals surface area contributed by atoms with Crippen molar-refractivity contribution in [1.82, 2.24) is 14.5 Å². The van der Waals surface area contributed by atoms with E-state index in [0.29, 0.717) is 37.2 Å². The van der Waals surface area contributed by atoms with Gasteiger partial charge >= 0.3 is 5.76 Å². The minimum Gasteiger partial charge on any atom is -0.392 e. The quantitative estimate of drug-likeness (QED) is 0.431. The number of nitrogens with zero attached hydrogens (tertiary/aromatic N) is 2. The molecule has 0 bridgehead atoms. The zero-order valence-corrected chi connectivity index (χ0v) is 21.7. The first-order valence-corrected chi connectivity index (χ1v) is 14.3. The Bertz CT molecular complexity index is 1440. The summed E-state index contributed by atoms with van der Waals surface area (Å²) in [6, 6.07) is 10.8. The monoisotopic (exact) mass is 531 g/mol. The molecule has 198 valence electrons. The maximum atomic E-state index is 15.8. The molecule has 0 unspecified atom stereocenters. The average molecular weight is 532 g/mol. The summed E-state index contributed by atoms with van der Waals surface area (Å²) in [5, 5.41) is 5.50. The molecular weight excluding hydrogens is 500 g/mol. The number of hydrogen-bond acceptors (Lipinski definition) is 5. The molecule has 1 aliphatic heterocycles. The number of halogens is 2. The Morgan fingerprint density at radius 2 is 1.84 bits per heavy atom. The molecule has 0 spiro atoms. The van der Waals surface area contributed by atoms with Crippen LogP contribution < -0.4 is 5.76 Å². The molecule has 1 saturated heterocycles. The molecule has 1 aliphatic carbocycles. The van der Waals surface area contributed by atoms with Crippen LogP contribution in [0, 0.1) is 17.6 Å². The molecule has 1 aromatic heterocycles. The first-order valence-electron chi connectivity index (χ1n) is 12.8. The summed E-state index contributed by atoms with van der Waals surface area (Å²) in [6.45, 7) is 3.35. The number of aromatic nitrogens is 2. The maximum Gasteiger partial charge on any atom is 0.434 e. The minimum atomic E-state index is -3.81. The van der Waals surface area contributed by atoms with E-state index >= 15 is 8.78 Å². The summed E-state index contributed by atoms with van der Waals surface area (Å²) >= 11 is 0. The van der Waals surface area contributed by atoms with Gasteiger partial charge in [0.2, 0.25) is 15.9 Å². The summed E-state index contributed by atoms with van der Waals surface area (Å²) in [5.41, 5.74) is -0.387. The van der Waals surface area contributed by atoms with Crippen molar-refractivity contribution in [2.75, 3.05) is 0 Å². The SMILES string of the molecule is CC[C@](CC1CC1)(c1n[nH]c(=O)o1)c1cc(F)c(CN2[C@@H](C)CC[C@H](c3ccccc3)S2(=O)=O)cc1F. The second-order valence-electron chi connectivity index (χ2n) is 10.3. The van der Waals surface area contributed by atoms with E-state index in [2.05, 4.69) is 10.2 Å². The molecule has 3 aromatic rings. The third kappa shape index (κ3) is 4.77. The summed E-state index contributed by atoms with van der Waals surface area (Å²) in [4.78, 5) is 11.7. The van der Waals surface area contributed by atoms with Crippen LogP contribution in [0.15, 0.2) is 51.7 Å².